The van der Waals surface area contributed by atoms with Crippen LogP contribution in [0.1, 0.15) is 70.5 Å². The smallest absolute Gasteiger partial charge is 0.180 e. The van der Waals surface area contributed by atoms with Crippen LogP contribution < -0.4 is 4.74 Å². The van der Waals surface area contributed by atoms with Crippen molar-refractivity contribution in [1.29, 1.82) is 0 Å². The Kier molecular flexibility index (Phi) is 6.90. The van der Waals surface area contributed by atoms with E-state index in [1.165, 1.54) is 5.06 Å². The van der Waals surface area contributed by atoms with E-state index in [9.17, 15) is 13.6 Å². The molecule has 0 bridgehead atoms. The van der Waals surface area contributed by atoms with E-state index in [2.05, 4.69) is 6.92 Å². The van der Waals surface area contributed by atoms with E-state index in [0.717, 1.165) is 18.4 Å². The lowest BCUT2D eigenvalue weighted by atomic mass is 9.87. The molecule has 2 unspecified atom stereocenters. The molecule has 0 fully saturated rings. The van der Waals surface area contributed by atoms with Gasteiger partial charge in [-0.25, -0.2) is 8.42 Å². The van der Waals surface area contributed by atoms with Crippen molar-refractivity contribution in [3.63, 3.8) is 0 Å². The van der Waals surface area contributed by atoms with Gasteiger partial charge >= 0.3 is 0 Å². The summed E-state index contributed by atoms with van der Waals surface area (Å²) in [6, 6.07) is 14.3. The van der Waals surface area contributed by atoms with Crippen molar-refractivity contribution in [1.82, 2.24) is 5.06 Å². The van der Waals surface area contributed by atoms with Gasteiger partial charge in [-0.1, -0.05) is 63.1 Å². The first-order valence-electron chi connectivity index (χ1n) is 10.8. The fourth-order valence-electron chi connectivity index (χ4n) is 4.35. The first-order chi connectivity index (χ1) is 14.2. The van der Waals surface area contributed by atoms with Crippen molar-refractivity contribution in [2.24, 2.45) is 0 Å². The van der Waals surface area contributed by atoms with Gasteiger partial charge in [0, 0.05) is 0 Å². The summed E-state index contributed by atoms with van der Waals surface area (Å²) in [5, 5.41) is 12.9. The molecule has 5 nitrogen and oxygen atoms in total. The molecule has 0 saturated carbocycles. The summed E-state index contributed by atoms with van der Waals surface area (Å²) in [5.41, 5.74) is 0.602. The van der Waals surface area contributed by atoms with Gasteiger partial charge in [-0.15, -0.1) is 0 Å². The Balaban J connectivity index is 2.25. The molecule has 2 aromatic rings. The van der Waals surface area contributed by atoms with Crippen LogP contribution in [0.4, 0.5) is 0 Å². The van der Waals surface area contributed by atoms with Gasteiger partial charge in [-0.2, -0.15) is 5.06 Å². The van der Waals surface area contributed by atoms with Crippen LogP contribution in [0.2, 0.25) is 0 Å². The number of hydroxylamine groups is 2. The number of hydrogen-bond acceptors (Lipinski definition) is 5. The fourth-order valence-corrected chi connectivity index (χ4v) is 6.53. The lowest BCUT2D eigenvalue weighted by Gasteiger charge is -2.42. The second-order valence-electron chi connectivity index (χ2n) is 8.46. The summed E-state index contributed by atoms with van der Waals surface area (Å²) in [5.74, 6) is 0.412. The molecule has 2 atom stereocenters. The highest BCUT2D eigenvalue weighted by atomic mass is 32.2. The van der Waals surface area contributed by atoms with Gasteiger partial charge in [0.25, 0.3) is 0 Å². The van der Waals surface area contributed by atoms with E-state index in [1.54, 1.807) is 18.2 Å². The number of hydrogen-bond donors (Lipinski definition) is 1. The molecule has 3 rings (SSSR count). The maximum atomic E-state index is 13.6. The van der Waals surface area contributed by atoms with Gasteiger partial charge in [-0.3, -0.25) is 0 Å². The maximum absolute atomic E-state index is 13.6. The van der Waals surface area contributed by atoms with Gasteiger partial charge in [0.1, 0.15) is 5.75 Å². The number of fused-ring (bicyclic) bond motifs is 1. The maximum Gasteiger partial charge on any atom is 0.180 e. The van der Waals surface area contributed by atoms with E-state index in [0.29, 0.717) is 24.2 Å². The Hall–Kier alpha value is -1.89. The van der Waals surface area contributed by atoms with E-state index < -0.39 is 21.4 Å². The Bertz CT molecular complexity index is 958. The summed E-state index contributed by atoms with van der Waals surface area (Å²) in [4.78, 5) is 0.250. The quantitative estimate of drug-likeness (QED) is 0.637. The molecule has 1 aliphatic heterocycles. The minimum atomic E-state index is -3.64. The third-order valence-electron chi connectivity index (χ3n) is 5.94. The van der Waals surface area contributed by atoms with Gasteiger partial charge in [0.05, 0.1) is 28.3 Å². The molecule has 0 aromatic heterocycles. The van der Waals surface area contributed by atoms with Crippen molar-refractivity contribution < 1.29 is 18.4 Å². The van der Waals surface area contributed by atoms with Crippen molar-refractivity contribution in [3.8, 4) is 5.75 Å². The summed E-state index contributed by atoms with van der Waals surface area (Å²) in [7, 11) is -3.64. The average molecular weight is 432 g/mol. The molecule has 0 aliphatic carbocycles. The largest absolute Gasteiger partial charge is 0.491 e. The molecule has 1 N–H and O–H groups in total. The number of unbranched alkanes of at least 4 members (excludes halogenated alkanes) is 1. The topological polar surface area (TPSA) is 66.8 Å². The fraction of sp³-hybridized carbons (Fsp3) is 0.500. The molecule has 0 spiro atoms. The minimum absolute atomic E-state index is 0.0601. The molecular weight excluding hydrogens is 398 g/mol. The van der Waals surface area contributed by atoms with Crippen LogP contribution in [0.25, 0.3) is 0 Å². The van der Waals surface area contributed by atoms with Gasteiger partial charge in [0.2, 0.25) is 0 Å². The lowest BCUT2D eigenvalue weighted by molar-refractivity contribution is -0.193. The molecular formula is C24H33NO4S. The number of ether oxygens (including phenoxy) is 1. The summed E-state index contributed by atoms with van der Waals surface area (Å²) in [6.07, 6.45) is 2.87. The average Bonchev–Trinajstić information content (AvgIpc) is 2.78. The molecule has 0 amide bonds. The van der Waals surface area contributed by atoms with Crippen molar-refractivity contribution >= 4 is 9.84 Å². The highest BCUT2D eigenvalue weighted by Gasteiger charge is 2.47. The second kappa shape index (κ2) is 9.08. The molecule has 30 heavy (non-hydrogen) atoms. The number of sulfone groups is 1. The normalized spacial score (nSPS) is 23.7. The van der Waals surface area contributed by atoms with Crippen molar-refractivity contribution in [2.45, 2.75) is 76.0 Å². The predicted octanol–water partition coefficient (Wildman–Crippen LogP) is 5.38. The third kappa shape index (κ3) is 4.41. The van der Waals surface area contributed by atoms with Crippen LogP contribution in [-0.2, 0) is 9.84 Å². The van der Waals surface area contributed by atoms with Crippen molar-refractivity contribution in [2.75, 3.05) is 5.75 Å². The van der Waals surface area contributed by atoms with E-state index in [-0.39, 0.29) is 16.8 Å². The highest BCUT2D eigenvalue weighted by molar-refractivity contribution is 7.91. The van der Waals surface area contributed by atoms with Crippen LogP contribution in [-0.4, -0.2) is 36.1 Å². The van der Waals surface area contributed by atoms with Gasteiger partial charge < -0.3 is 9.94 Å². The molecule has 164 valence electrons. The van der Waals surface area contributed by atoms with Crippen LogP contribution in [0.5, 0.6) is 5.75 Å². The Labute approximate surface area is 180 Å². The standard InChI is InChI=1S/C24H33NO4S/c1-5-7-15-24(6-2)17-30(27,28)22-16-20(29-18(3)4)13-14-21(22)23(25(24)26)19-11-9-8-10-12-19/h8-14,16,18,23,26H,5-7,15,17H2,1-4H3. The lowest BCUT2D eigenvalue weighted by Crippen LogP contribution is -2.51. The zero-order valence-corrected chi connectivity index (χ0v) is 19.2. The van der Waals surface area contributed by atoms with Crippen LogP contribution >= 0.6 is 0 Å². The summed E-state index contributed by atoms with van der Waals surface area (Å²) < 4.78 is 33.0. The first kappa shape index (κ1) is 22.8. The molecule has 1 heterocycles. The van der Waals surface area contributed by atoms with Crippen LogP contribution in [0.15, 0.2) is 53.4 Å². The molecule has 0 radical (unpaired) electrons. The molecule has 0 saturated heterocycles. The zero-order valence-electron chi connectivity index (χ0n) is 18.3. The Morgan fingerprint density at radius 1 is 1.17 bits per heavy atom. The second-order valence-corrected chi connectivity index (χ2v) is 10.4. The molecule has 2 aromatic carbocycles. The number of rotatable bonds is 7. The summed E-state index contributed by atoms with van der Waals surface area (Å²) in [6.45, 7) is 7.86. The van der Waals surface area contributed by atoms with Gasteiger partial charge in [0.15, 0.2) is 9.84 Å². The predicted molar refractivity (Wildman–Crippen MR) is 119 cm³/mol. The van der Waals surface area contributed by atoms with E-state index >= 15 is 0 Å². The van der Waals surface area contributed by atoms with Crippen LogP contribution in [0.3, 0.4) is 0 Å². The number of benzene rings is 2. The Morgan fingerprint density at radius 2 is 1.87 bits per heavy atom. The van der Waals surface area contributed by atoms with E-state index in [4.69, 9.17) is 4.74 Å². The van der Waals surface area contributed by atoms with Crippen molar-refractivity contribution in [3.05, 3.63) is 59.7 Å². The van der Waals surface area contributed by atoms with Crippen LogP contribution in [0, 0.1) is 0 Å². The number of nitrogens with zero attached hydrogens (tertiary/aromatic N) is 1. The van der Waals surface area contributed by atoms with E-state index in [1.807, 2.05) is 51.1 Å². The molecule has 1 aliphatic rings. The highest BCUT2D eigenvalue weighted by Crippen LogP contribution is 2.44. The monoisotopic (exact) mass is 431 g/mol. The minimum Gasteiger partial charge on any atom is -0.491 e. The molecule has 6 heteroatoms. The zero-order chi connectivity index (χ0) is 21.9. The van der Waals surface area contributed by atoms with Gasteiger partial charge in [-0.05, 0) is 49.9 Å². The third-order valence-corrected chi connectivity index (χ3v) is 7.89. The first-order valence-corrected chi connectivity index (χ1v) is 12.5. The summed E-state index contributed by atoms with van der Waals surface area (Å²) >= 11 is 0. The Morgan fingerprint density at radius 3 is 2.47 bits per heavy atom. The SMILES string of the molecule is CCCCC1(CC)CS(=O)(=O)c2cc(OC(C)C)ccc2C(c2ccccc2)N1O.